The minimum Gasteiger partial charge on any atom is -0.309 e. The highest BCUT2D eigenvalue weighted by Crippen LogP contribution is 2.05. The van der Waals surface area contributed by atoms with Gasteiger partial charge in [0.05, 0.1) is 5.69 Å². The summed E-state index contributed by atoms with van der Waals surface area (Å²) in [4.78, 5) is 4.30. The molecule has 0 atom stereocenters. The van der Waals surface area contributed by atoms with E-state index in [0.717, 1.165) is 16.8 Å². The third-order valence-corrected chi connectivity index (χ3v) is 1.91. The highest BCUT2D eigenvalue weighted by molar-refractivity contribution is 9.10. The van der Waals surface area contributed by atoms with Gasteiger partial charge in [-0.1, -0.05) is 19.9 Å². The summed E-state index contributed by atoms with van der Waals surface area (Å²) in [6.07, 6.45) is 0. The normalized spacial score (nSPS) is 10.7. The van der Waals surface area contributed by atoms with Gasteiger partial charge in [-0.05, 0) is 28.1 Å². The van der Waals surface area contributed by atoms with Gasteiger partial charge in [-0.2, -0.15) is 0 Å². The molecule has 0 saturated heterocycles. The summed E-state index contributed by atoms with van der Waals surface area (Å²) in [6.45, 7) is 5.08. The van der Waals surface area contributed by atoms with Gasteiger partial charge in [0.15, 0.2) is 0 Å². The first-order valence-corrected chi connectivity index (χ1v) is 4.82. The Kier molecular flexibility index (Phi) is 3.69. The van der Waals surface area contributed by atoms with E-state index in [1.165, 1.54) is 0 Å². The molecule has 0 amide bonds. The number of hydrogen-bond acceptors (Lipinski definition) is 2. The maximum Gasteiger partial charge on any atom is 0.106 e. The molecule has 1 heterocycles. The standard InChI is InChI=1S/C9H13BrN2/c1-7(2)11-6-8-4-3-5-9(10)12-8/h3-5,7,11H,6H2,1-2H3. The molecule has 1 aromatic heterocycles. The Morgan fingerprint density at radius 3 is 2.83 bits per heavy atom. The SMILES string of the molecule is CC(C)NCc1cccc(Br)n1. The van der Waals surface area contributed by atoms with E-state index in [2.05, 4.69) is 40.1 Å². The summed E-state index contributed by atoms with van der Waals surface area (Å²) in [7, 11) is 0. The number of nitrogens with one attached hydrogen (secondary N) is 1. The zero-order valence-electron chi connectivity index (χ0n) is 7.34. The van der Waals surface area contributed by atoms with E-state index in [4.69, 9.17) is 0 Å². The molecular formula is C9H13BrN2. The van der Waals surface area contributed by atoms with Crippen molar-refractivity contribution in [3.8, 4) is 0 Å². The average molecular weight is 229 g/mol. The highest BCUT2D eigenvalue weighted by atomic mass is 79.9. The van der Waals surface area contributed by atoms with Crippen LogP contribution in [0.3, 0.4) is 0 Å². The van der Waals surface area contributed by atoms with E-state index < -0.39 is 0 Å². The Labute approximate surface area is 81.5 Å². The van der Waals surface area contributed by atoms with E-state index in [1.54, 1.807) is 0 Å². The number of hydrogen-bond donors (Lipinski definition) is 1. The molecule has 1 rings (SSSR count). The maximum absolute atomic E-state index is 4.30. The number of nitrogens with zero attached hydrogens (tertiary/aromatic N) is 1. The van der Waals surface area contributed by atoms with Crippen LogP contribution in [0.2, 0.25) is 0 Å². The molecule has 12 heavy (non-hydrogen) atoms. The zero-order chi connectivity index (χ0) is 8.97. The molecule has 0 aliphatic rings. The predicted molar refractivity (Wildman–Crippen MR) is 53.9 cm³/mol. The van der Waals surface area contributed by atoms with Gasteiger partial charge in [0, 0.05) is 12.6 Å². The van der Waals surface area contributed by atoms with Gasteiger partial charge < -0.3 is 5.32 Å². The third-order valence-electron chi connectivity index (χ3n) is 1.46. The molecular weight excluding hydrogens is 216 g/mol. The summed E-state index contributed by atoms with van der Waals surface area (Å²) in [5, 5.41) is 3.31. The molecule has 1 N–H and O–H groups in total. The Balaban J connectivity index is 2.52. The molecule has 0 aliphatic heterocycles. The van der Waals surface area contributed by atoms with Crippen LogP contribution in [0, 0.1) is 0 Å². The Morgan fingerprint density at radius 1 is 1.50 bits per heavy atom. The highest BCUT2D eigenvalue weighted by Gasteiger charge is 1.96. The zero-order valence-corrected chi connectivity index (χ0v) is 8.93. The van der Waals surface area contributed by atoms with Crippen LogP contribution in [0.15, 0.2) is 22.8 Å². The second kappa shape index (κ2) is 4.58. The van der Waals surface area contributed by atoms with Gasteiger partial charge in [-0.3, -0.25) is 0 Å². The van der Waals surface area contributed by atoms with Crippen LogP contribution >= 0.6 is 15.9 Å². The smallest absolute Gasteiger partial charge is 0.106 e. The largest absolute Gasteiger partial charge is 0.309 e. The number of pyridine rings is 1. The third kappa shape index (κ3) is 3.32. The summed E-state index contributed by atoms with van der Waals surface area (Å²) >= 11 is 3.33. The van der Waals surface area contributed by atoms with Crippen molar-refractivity contribution in [3.05, 3.63) is 28.5 Å². The van der Waals surface area contributed by atoms with Crippen LogP contribution in [0.1, 0.15) is 19.5 Å². The fourth-order valence-corrected chi connectivity index (χ4v) is 1.24. The molecule has 0 saturated carbocycles. The van der Waals surface area contributed by atoms with Crippen LogP contribution in [-0.4, -0.2) is 11.0 Å². The van der Waals surface area contributed by atoms with Crippen molar-refractivity contribution in [1.29, 1.82) is 0 Å². The van der Waals surface area contributed by atoms with Crippen LogP contribution in [0.5, 0.6) is 0 Å². The van der Waals surface area contributed by atoms with Gasteiger partial charge in [0.2, 0.25) is 0 Å². The molecule has 0 aliphatic carbocycles. The topological polar surface area (TPSA) is 24.9 Å². The fourth-order valence-electron chi connectivity index (χ4n) is 0.857. The minimum atomic E-state index is 0.505. The predicted octanol–water partition coefficient (Wildman–Crippen LogP) is 2.34. The van der Waals surface area contributed by atoms with Crippen molar-refractivity contribution in [2.75, 3.05) is 0 Å². The Hall–Kier alpha value is -0.410. The van der Waals surface area contributed by atoms with Gasteiger partial charge in [0.25, 0.3) is 0 Å². The monoisotopic (exact) mass is 228 g/mol. The average Bonchev–Trinajstić information content (AvgIpc) is 2.01. The van der Waals surface area contributed by atoms with E-state index in [-0.39, 0.29) is 0 Å². The van der Waals surface area contributed by atoms with Crippen LogP contribution in [-0.2, 0) is 6.54 Å². The van der Waals surface area contributed by atoms with Gasteiger partial charge in [0.1, 0.15) is 4.60 Å². The molecule has 0 radical (unpaired) electrons. The first kappa shape index (κ1) is 9.68. The lowest BCUT2D eigenvalue weighted by Gasteiger charge is -2.06. The molecule has 0 aromatic carbocycles. The Bertz CT molecular complexity index is 248. The van der Waals surface area contributed by atoms with Crippen molar-refractivity contribution >= 4 is 15.9 Å². The van der Waals surface area contributed by atoms with E-state index in [1.807, 2.05) is 18.2 Å². The van der Waals surface area contributed by atoms with Crippen molar-refractivity contribution in [1.82, 2.24) is 10.3 Å². The van der Waals surface area contributed by atoms with Crippen molar-refractivity contribution < 1.29 is 0 Å². The summed E-state index contributed by atoms with van der Waals surface area (Å²) in [5.74, 6) is 0. The first-order chi connectivity index (χ1) is 5.68. The molecule has 2 nitrogen and oxygen atoms in total. The lowest BCUT2D eigenvalue weighted by atomic mass is 10.3. The van der Waals surface area contributed by atoms with Crippen molar-refractivity contribution in [2.24, 2.45) is 0 Å². The lowest BCUT2D eigenvalue weighted by molar-refractivity contribution is 0.581. The molecule has 1 aromatic rings. The molecule has 3 heteroatoms. The summed E-state index contributed by atoms with van der Waals surface area (Å²) in [5.41, 5.74) is 1.07. The van der Waals surface area contributed by atoms with Gasteiger partial charge >= 0.3 is 0 Å². The minimum absolute atomic E-state index is 0.505. The quantitative estimate of drug-likeness (QED) is 0.804. The Morgan fingerprint density at radius 2 is 2.25 bits per heavy atom. The molecule has 0 fully saturated rings. The maximum atomic E-state index is 4.30. The summed E-state index contributed by atoms with van der Waals surface area (Å²) < 4.78 is 0.894. The number of aromatic nitrogens is 1. The van der Waals surface area contributed by atoms with Gasteiger partial charge in [-0.15, -0.1) is 0 Å². The second-order valence-electron chi connectivity index (χ2n) is 2.99. The van der Waals surface area contributed by atoms with Crippen LogP contribution in [0.25, 0.3) is 0 Å². The lowest BCUT2D eigenvalue weighted by Crippen LogP contribution is -2.22. The molecule has 0 spiro atoms. The van der Waals surface area contributed by atoms with Crippen molar-refractivity contribution in [2.45, 2.75) is 26.4 Å². The van der Waals surface area contributed by atoms with E-state index in [9.17, 15) is 0 Å². The second-order valence-corrected chi connectivity index (χ2v) is 3.80. The van der Waals surface area contributed by atoms with E-state index >= 15 is 0 Å². The molecule has 0 bridgehead atoms. The molecule has 0 unspecified atom stereocenters. The number of rotatable bonds is 3. The first-order valence-electron chi connectivity index (χ1n) is 4.03. The van der Waals surface area contributed by atoms with Crippen LogP contribution < -0.4 is 5.32 Å². The van der Waals surface area contributed by atoms with Crippen LogP contribution in [0.4, 0.5) is 0 Å². The summed E-state index contributed by atoms with van der Waals surface area (Å²) in [6, 6.07) is 6.44. The fraction of sp³-hybridized carbons (Fsp3) is 0.444. The van der Waals surface area contributed by atoms with Crippen molar-refractivity contribution in [3.63, 3.8) is 0 Å². The number of halogens is 1. The van der Waals surface area contributed by atoms with Gasteiger partial charge in [-0.25, -0.2) is 4.98 Å². The van der Waals surface area contributed by atoms with E-state index in [0.29, 0.717) is 6.04 Å². The molecule has 66 valence electrons.